The maximum Gasteiger partial charge on any atom is 0.122 e. The van der Waals surface area contributed by atoms with Crippen molar-refractivity contribution in [2.24, 2.45) is 0 Å². The summed E-state index contributed by atoms with van der Waals surface area (Å²) >= 11 is 0. The second-order valence-corrected chi connectivity index (χ2v) is 11.6. The van der Waals surface area contributed by atoms with Gasteiger partial charge in [-0.25, -0.2) is 0 Å². The molecule has 0 radical (unpaired) electrons. The molecule has 182 valence electrons. The van der Waals surface area contributed by atoms with Crippen molar-refractivity contribution in [3.05, 3.63) is 87.7 Å². The zero-order chi connectivity index (χ0) is 25.3. The number of benzene rings is 2. The number of hydrogen-bond donors (Lipinski definition) is 2. The average Bonchev–Trinajstić information content (AvgIpc) is 2.73. The molecular formula is C30H40N2O2. The van der Waals surface area contributed by atoms with E-state index < -0.39 is 0 Å². The van der Waals surface area contributed by atoms with Gasteiger partial charge in [-0.3, -0.25) is 9.88 Å². The van der Waals surface area contributed by atoms with Crippen LogP contribution in [0.3, 0.4) is 0 Å². The Morgan fingerprint density at radius 3 is 1.56 bits per heavy atom. The van der Waals surface area contributed by atoms with Gasteiger partial charge in [0.1, 0.15) is 11.5 Å². The molecule has 3 aromatic rings. The largest absolute Gasteiger partial charge is 0.507 e. The smallest absolute Gasteiger partial charge is 0.122 e. The predicted molar refractivity (Wildman–Crippen MR) is 140 cm³/mol. The monoisotopic (exact) mass is 460 g/mol. The number of pyridine rings is 1. The topological polar surface area (TPSA) is 56.6 Å². The first kappa shape index (κ1) is 25.8. The van der Waals surface area contributed by atoms with Crippen molar-refractivity contribution in [1.29, 1.82) is 0 Å². The minimum atomic E-state index is -0.0184. The molecule has 2 N–H and O–H groups in total. The lowest BCUT2D eigenvalue weighted by atomic mass is 9.84. The number of aromatic nitrogens is 1. The van der Waals surface area contributed by atoms with Gasteiger partial charge in [-0.15, -0.1) is 0 Å². The van der Waals surface area contributed by atoms with Crippen molar-refractivity contribution in [3.8, 4) is 11.5 Å². The Bertz CT molecular complexity index is 1070. The summed E-state index contributed by atoms with van der Waals surface area (Å²) in [7, 11) is 0. The normalized spacial score (nSPS) is 12.4. The molecule has 0 aliphatic heterocycles. The van der Waals surface area contributed by atoms with Gasteiger partial charge < -0.3 is 10.2 Å². The summed E-state index contributed by atoms with van der Waals surface area (Å²) < 4.78 is 0. The molecule has 0 aliphatic rings. The first-order valence-corrected chi connectivity index (χ1v) is 12.0. The molecule has 0 fully saturated rings. The molecule has 0 amide bonds. The van der Waals surface area contributed by atoms with Gasteiger partial charge in [0, 0.05) is 37.0 Å². The van der Waals surface area contributed by atoms with Crippen molar-refractivity contribution in [2.75, 3.05) is 0 Å². The summed E-state index contributed by atoms with van der Waals surface area (Å²) in [5, 5.41) is 21.9. The Morgan fingerprint density at radius 2 is 1.18 bits per heavy atom. The minimum absolute atomic E-state index is 0.0184. The van der Waals surface area contributed by atoms with E-state index in [4.69, 9.17) is 0 Å². The first-order chi connectivity index (χ1) is 15.8. The minimum Gasteiger partial charge on any atom is -0.507 e. The Labute approximate surface area is 205 Å². The average molecular weight is 461 g/mol. The zero-order valence-electron chi connectivity index (χ0n) is 22.0. The first-order valence-electron chi connectivity index (χ1n) is 12.0. The standard InChI is InChI=1S/C30H40N2O2/c1-20-13-24(29(3,4)5)15-22(27(20)33)17-32(19-26-11-9-10-12-31-26)18-23-16-25(30(6,7)8)14-21(2)28(23)34/h9-16,33-34H,17-19H2,1-8H3. The molecule has 0 aliphatic carbocycles. The molecule has 0 saturated heterocycles. The van der Waals surface area contributed by atoms with Crippen LogP contribution < -0.4 is 0 Å². The van der Waals surface area contributed by atoms with E-state index in [1.807, 2.05) is 32.0 Å². The van der Waals surface area contributed by atoms with Crippen LogP contribution >= 0.6 is 0 Å². The third-order valence-electron chi connectivity index (χ3n) is 6.39. The lowest BCUT2D eigenvalue weighted by Gasteiger charge is -2.27. The van der Waals surface area contributed by atoms with E-state index in [1.54, 1.807) is 6.20 Å². The van der Waals surface area contributed by atoms with Crippen molar-refractivity contribution in [3.63, 3.8) is 0 Å². The highest BCUT2D eigenvalue weighted by Gasteiger charge is 2.22. The Hall–Kier alpha value is -2.85. The van der Waals surface area contributed by atoms with Crippen LogP contribution in [0.1, 0.15) is 80.6 Å². The van der Waals surface area contributed by atoms with Gasteiger partial charge in [0.25, 0.3) is 0 Å². The molecule has 4 nitrogen and oxygen atoms in total. The van der Waals surface area contributed by atoms with Gasteiger partial charge in [0.15, 0.2) is 0 Å². The molecule has 0 bridgehead atoms. The quantitative estimate of drug-likeness (QED) is 0.420. The summed E-state index contributed by atoms with van der Waals surface area (Å²) in [5.41, 5.74) is 6.86. The Balaban J connectivity index is 2.03. The number of hydrogen-bond acceptors (Lipinski definition) is 4. The van der Waals surface area contributed by atoms with Crippen LogP contribution in [0.4, 0.5) is 0 Å². The zero-order valence-corrected chi connectivity index (χ0v) is 22.0. The molecule has 0 atom stereocenters. The lowest BCUT2D eigenvalue weighted by molar-refractivity contribution is 0.237. The molecule has 3 rings (SSSR count). The maximum atomic E-state index is 10.9. The number of aryl methyl sites for hydroxylation is 2. The van der Waals surface area contributed by atoms with Crippen LogP contribution in [0.15, 0.2) is 48.7 Å². The Kier molecular flexibility index (Phi) is 7.42. The summed E-state index contributed by atoms with van der Waals surface area (Å²) in [6, 6.07) is 14.3. The van der Waals surface area contributed by atoms with E-state index in [-0.39, 0.29) is 10.8 Å². The number of phenolic OH excluding ortho intramolecular Hbond substituents is 2. The summed E-state index contributed by atoms with van der Waals surface area (Å²) in [4.78, 5) is 6.77. The molecule has 0 spiro atoms. The van der Waals surface area contributed by atoms with Crippen molar-refractivity contribution in [2.45, 2.75) is 85.9 Å². The van der Waals surface area contributed by atoms with E-state index in [9.17, 15) is 10.2 Å². The highest BCUT2D eigenvalue weighted by Crippen LogP contribution is 2.34. The fourth-order valence-electron chi connectivity index (χ4n) is 4.18. The molecule has 1 heterocycles. The molecule has 1 aromatic heterocycles. The maximum absolute atomic E-state index is 10.9. The van der Waals surface area contributed by atoms with Gasteiger partial charge in [-0.1, -0.05) is 71.9 Å². The van der Waals surface area contributed by atoms with Crippen molar-refractivity contribution in [1.82, 2.24) is 9.88 Å². The fourth-order valence-corrected chi connectivity index (χ4v) is 4.18. The molecule has 4 heteroatoms. The van der Waals surface area contributed by atoms with E-state index in [2.05, 4.69) is 75.7 Å². The molecular weight excluding hydrogens is 420 g/mol. The third-order valence-corrected chi connectivity index (χ3v) is 6.39. The van der Waals surface area contributed by atoms with Crippen LogP contribution in [0.25, 0.3) is 0 Å². The molecule has 34 heavy (non-hydrogen) atoms. The van der Waals surface area contributed by atoms with Gasteiger partial charge >= 0.3 is 0 Å². The SMILES string of the molecule is Cc1cc(C(C)(C)C)cc(CN(Cc2ccccn2)Cc2cc(C(C)(C)C)cc(C)c2O)c1O. The third kappa shape index (κ3) is 6.18. The molecule has 0 unspecified atom stereocenters. The molecule has 0 saturated carbocycles. The summed E-state index contributed by atoms with van der Waals surface area (Å²) in [6.07, 6.45) is 1.80. The van der Waals surface area contributed by atoms with Gasteiger partial charge in [0.2, 0.25) is 0 Å². The second-order valence-electron chi connectivity index (χ2n) is 11.6. The highest BCUT2D eigenvalue weighted by atomic mass is 16.3. The fraction of sp³-hybridized carbons (Fsp3) is 0.433. The number of rotatable bonds is 6. The number of phenols is 2. The van der Waals surface area contributed by atoms with Crippen LogP contribution in [-0.4, -0.2) is 20.1 Å². The van der Waals surface area contributed by atoms with E-state index >= 15 is 0 Å². The summed E-state index contributed by atoms with van der Waals surface area (Å²) in [5.74, 6) is 0.672. The number of nitrogens with zero attached hydrogens (tertiary/aromatic N) is 2. The Morgan fingerprint density at radius 1 is 0.706 bits per heavy atom. The van der Waals surface area contributed by atoms with Crippen LogP contribution in [-0.2, 0) is 30.5 Å². The predicted octanol–water partition coefficient (Wildman–Crippen LogP) is 6.91. The van der Waals surface area contributed by atoms with E-state index in [1.165, 1.54) is 11.1 Å². The van der Waals surface area contributed by atoms with Gasteiger partial charge in [-0.2, -0.15) is 0 Å². The highest BCUT2D eigenvalue weighted by molar-refractivity contribution is 5.46. The van der Waals surface area contributed by atoms with E-state index in [0.717, 1.165) is 27.9 Å². The van der Waals surface area contributed by atoms with Crippen molar-refractivity contribution < 1.29 is 10.2 Å². The van der Waals surface area contributed by atoms with E-state index in [0.29, 0.717) is 31.1 Å². The van der Waals surface area contributed by atoms with Crippen LogP contribution in [0.2, 0.25) is 0 Å². The van der Waals surface area contributed by atoms with Crippen LogP contribution in [0.5, 0.6) is 11.5 Å². The second kappa shape index (κ2) is 9.79. The van der Waals surface area contributed by atoms with Crippen molar-refractivity contribution >= 4 is 0 Å². The van der Waals surface area contributed by atoms with Gasteiger partial charge in [0.05, 0.1) is 5.69 Å². The molecule has 2 aromatic carbocycles. The van der Waals surface area contributed by atoms with Crippen LogP contribution in [0, 0.1) is 13.8 Å². The number of aromatic hydroxyl groups is 2. The summed E-state index contributed by atoms with van der Waals surface area (Å²) in [6.45, 7) is 18.7. The lowest BCUT2D eigenvalue weighted by Crippen LogP contribution is -2.24. The van der Waals surface area contributed by atoms with Gasteiger partial charge in [-0.05, 0) is 59.1 Å².